The summed E-state index contributed by atoms with van der Waals surface area (Å²) in [6.45, 7) is 11.0. The fraction of sp³-hybridized carbons (Fsp3) is 0.586. The Morgan fingerprint density at radius 2 is 1.74 bits per heavy atom. The van der Waals surface area contributed by atoms with Crippen LogP contribution >= 0.6 is 0 Å². The van der Waals surface area contributed by atoms with E-state index in [9.17, 15) is 5.11 Å². The fourth-order valence-corrected chi connectivity index (χ4v) is 6.28. The number of benzene rings is 1. The van der Waals surface area contributed by atoms with Crippen molar-refractivity contribution in [3.63, 3.8) is 0 Å². The summed E-state index contributed by atoms with van der Waals surface area (Å²) in [5.41, 5.74) is 3.99. The number of likely N-dealkylation sites (tertiary alicyclic amines) is 2. The van der Waals surface area contributed by atoms with Gasteiger partial charge in [-0.15, -0.1) is 0 Å². The van der Waals surface area contributed by atoms with E-state index >= 15 is 0 Å². The molecule has 2 aliphatic rings. The number of nitrogens with zero attached hydrogens (tertiary/aromatic N) is 5. The van der Waals surface area contributed by atoms with E-state index in [2.05, 4.69) is 65.4 Å². The van der Waals surface area contributed by atoms with Gasteiger partial charge in [-0.2, -0.15) is 0 Å². The molecule has 1 N–H and O–H groups in total. The third-order valence-corrected chi connectivity index (χ3v) is 8.60. The molecular weight excluding hydrogens is 434 g/mol. The number of fused-ring (bicyclic) bond motifs is 1. The van der Waals surface area contributed by atoms with Crippen LogP contribution in [0.25, 0.3) is 11.0 Å². The minimum Gasteiger partial charge on any atom is -0.385 e. The molecule has 2 fully saturated rings. The third-order valence-electron chi connectivity index (χ3n) is 8.60. The number of aryl methyl sites for hydroxylation is 1. The molecule has 1 atom stereocenters. The number of aliphatic hydroxyl groups is 1. The first kappa shape index (κ1) is 24.4. The van der Waals surface area contributed by atoms with Crippen LogP contribution in [0.4, 0.5) is 0 Å². The lowest BCUT2D eigenvalue weighted by atomic mass is 9.84. The van der Waals surface area contributed by atoms with Crippen molar-refractivity contribution in [2.24, 2.45) is 7.05 Å². The van der Waals surface area contributed by atoms with Crippen molar-refractivity contribution < 1.29 is 5.11 Å². The van der Waals surface area contributed by atoms with Crippen molar-refractivity contribution in [1.82, 2.24) is 24.3 Å². The molecular formula is C29H41N5O. The predicted molar refractivity (Wildman–Crippen MR) is 142 cm³/mol. The Kier molecular flexibility index (Phi) is 6.97. The molecule has 5 rings (SSSR count). The van der Waals surface area contributed by atoms with Crippen LogP contribution in [0, 0.1) is 0 Å². The maximum absolute atomic E-state index is 11.2. The fourth-order valence-electron chi connectivity index (χ4n) is 6.28. The van der Waals surface area contributed by atoms with E-state index in [1.807, 2.05) is 18.3 Å². The second kappa shape index (κ2) is 10.00. The molecule has 0 aliphatic carbocycles. The normalized spacial score (nSPS) is 21.1. The number of hydrogen-bond acceptors (Lipinski definition) is 5. The van der Waals surface area contributed by atoms with E-state index in [1.165, 1.54) is 29.7 Å². The number of rotatable bonds is 6. The summed E-state index contributed by atoms with van der Waals surface area (Å²) in [4.78, 5) is 14.5. The minimum absolute atomic E-state index is 0.409. The molecule has 35 heavy (non-hydrogen) atoms. The van der Waals surface area contributed by atoms with Crippen LogP contribution in [0.2, 0.25) is 0 Å². The zero-order chi connectivity index (χ0) is 24.6. The molecule has 4 heterocycles. The Morgan fingerprint density at radius 1 is 1.00 bits per heavy atom. The summed E-state index contributed by atoms with van der Waals surface area (Å²) < 4.78 is 2.38. The van der Waals surface area contributed by atoms with Crippen LogP contribution in [-0.2, 0) is 19.1 Å². The first-order chi connectivity index (χ1) is 16.9. The Balaban J connectivity index is 1.28. The van der Waals surface area contributed by atoms with Gasteiger partial charge in [-0.3, -0.25) is 4.98 Å². The molecule has 3 aromatic rings. The van der Waals surface area contributed by atoms with E-state index in [1.54, 1.807) is 6.20 Å². The molecule has 0 amide bonds. The van der Waals surface area contributed by atoms with E-state index in [0.717, 1.165) is 56.5 Å². The Labute approximate surface area is 210 Å². The molecule has 1 unspecified atom stereocenters. The van der Waals surface area contributed by atoms with Crippen LogP contribution in [0.3, 0.4) is 0 Å². The molecule has 0 bridgehead atoms. The lowest BCUT2D eigenvalue weighted by molar-refractivity contribution is -0.0341. The van der Waals surface area contributed by atoms with Crippen LogP contribution in [0.15, 0.2) is 42.7 Å². The van der Waals surface area contributed by atoms with E-state index in [4.69, 9.17) is 4.98 Å². The lowest BCUT2D eigenvalue weighted by Crippen LogP contribution is -2.46. The van der Waals surface area contributed by atoms with Gasteiger partial charge in [0.15, 0.2) is 0 Å². The first-order valence-corrected chi connectivity index (χ1v) is 13.4. The Morgan fingerprint density at radius 3 is 2.40 bits per heavy atom. The molecule has 0 spiro atoms. The minimum atomic E-state index is -0.757. The zero-order valence-corrected chi connectivity index (χ0v) is 21.8. The van der Waals surface area contributed by atoms with Crippen molar-refractivity contribution >= 4 is 11.0 Å². The summed E-state index contributed by atoms with van der Waals surface area (Å²) in [5.74, 6) is 1.79. The van der Waals surface area contributed by atoms with Gasteiger partial charge < -0.3 is 19.5 Å². The number of pyridine rings is 1. The van der Waals surface area contributed by atoms with Crippen molar-refractivity contribution in [2.75, 3.05) is 26.2 Å². The van der Waals surface area contributed by atoms with Gasteiger partial charge in [0.2, 0.25) is 0 Å². The quantitative estimate of drug-likeness (QED) is 0.570. The van der Waals surface area contributed by atoms with Crippen molar-refractivity contribution in [3.8, 4) is 0 Å². The summed E-state index contributed by atoms with van der Waals surface area (Å²) >= 11 is 0. The topological polar surface area (TPSA) is 57.4 Å². The highest BCUT2D eigenvalue weighted by Gasteiger charge is 2.35. The van der Waals surface area contributed by atoms with Gasteiger partial charge in [-0.25, -0.2) is 4.98 Å². The van der Waals surface area contributed by atoms with Crippen molar-refractivity contribution in [3.05, 3.63) is 59.7 Å². The molecule has 188 valence electrons. The number of hydrogen-bond donors (Lipinski definition) is 1. The van der Waals surface area contributed by atoms with Crippen molar-refractivity contribution in [1.29, 1.82) is 0 Å². The van der Waals surface area contributed by atoms with E-state index < -0.39 is 5.60 Å². The maximum Gasteiger partial charge on any atom is 0.112 e. The molecule has 0 saturated carbocycles. The van der Waals surface area contributed by atoms with Crippen LogP contribution in [0.5, 0.6) is 0 Å². The molecule has 0 radical (unpaired) electrons. The van der Waals surface area contributed by atoms with Gasteiger partial charge >= 0.3 is 0 Å². The average Bonchev–Trinajstić information content (AvgIpc) is 3.22. The predicted octanol–water partition coefficient (Wildman–Crippen LogP) is 4.47. The highest BCUT2D eigenvalue weighted by atomic mass is 16.3. The summed E-state index contributed by atoms with van der Waals surface area (Å²) in [5, 5.41) is 11.2. The van der Waals surface area contributed by atoms with Crippen LogP contribution in [0.1, 0.15) is 69.3 Å². The Hall–Kier alpha value is -2.28. The third kappa shape index (κ3) is 4.89. The van der Waals surface area contributed by atoms with Gasteiger partial charge in [0.25, 0.3) is 0 Å². The van der Waals surface area contributed by atoms with Gasteiger partial charge in [-0.1, -0.05) is 18.2 Å². The molecule has 2 saturated heterocycles. The summed E-state index contributed by atoms with van der Waals surface area (Å²) in [6, 6.07) is 11.6. The van der Waals surface area contributed by atoms with Crippen LogP contribution in [-0.4, -0.2) is 67.7 Å². The first-order valence-electron chi connectivity index (χ1n) is 13.4. The van der Waals surface area contributed by atoms with Crippen LogP contribution < -0.4 is 0 Å². The number of imidazole rings is 1. The number of para-hydroxylation sites is 1. The molecule has 2 aliphatic heterocycles. The molecule has 2 aromatic heterocycles. The number of aromatic nitrogens is 3. The smallest absolute Gasteiger partial charge is 0.112 e. The van der Waals surface area contributed by atoms with Gasteiger partial charge in [0.05, 0.1) is 16.6 Å². The average molecular weight is 476 g/mol. The van der Waals surface area contributed by atoms with Gasteiger partial charge in [0.1, 0.15) is 5.82 Å². The SMILES string of the molecule is CC(C)N1CCC(c2nc3cccc(CC(C)N4CCC(O)(c5cccnc5)CC4)c3n2C)CC1. The van der Waals surface area contributed by atoms with Crippen molar-refractivity contribution in [2.45, 2.75) is 76.5 Å². The molecule has 6 nitrogen and oxygen atoms in total. The standard InChI is InChI=1S/C29H41N5O/c1-21(2)33-15-10-23(11-16-33)28-31-26-9-5-7-24(27(26)32(28)4)19-22(3)34-17-12-29(35,13-18-34)25-8-6-14-30-20-25/h5-9,14,20-23,35H,10-13,15-19H2,1-4H3. The summed E-state index contributed by atoms with van der Waals surface area (Å²) in [7, 11) is 2.21. The van der Waals surface area contributed by atoms with E-state index in [0.29, 0.717) is 18.0 Å². The highest BCUT2D eigenvalue weighted by Crippen LogP contribution is 2.34. The lowest BCUT2D eigenvalue weighted by Gasteiger charge is -2.41. The monoisotopic (exact) mass is 475 g/mol. The molecule has 6 heteroatoms. The zero-order valence-electron chi connectivity index (χ0n) is 21.8. The van der Waals surface area contributed by atoms with Gasteiger partial charge in [-0.05, 0) is 83.7 Å². The van der Waals surface area contributed by atoms with Gasteiger partial charge in [0, 0.05) is 56.1 Å². The second-order valence-corrected chi connectivity index (χ2v) is 11.1. The second-order valence-electron chi connectivity index (χ2n) is 11.1. The number of piperidine rings is 2. The largest absolute Gasteiger partial charge is 0.385 e. The highest BCUT2D eigenvalue weighted by molar-refractivity contribution is 5.80. The van der Waals surface area contributed by atoms with E-state index in [-0.39, 0.29) is 0 Å². The maximum atomic E-state index is 11.2. The summed E-state index contributed by atoms with van der Waals surface area (Å²) in [6.07, 6.45) is 8.45. The molecule has 1 aromatic carbocycles. The Bertz CT molecular complexity index is 1120.